The molecule has 0 aliphatic carbocycles. The van der Waals surface area contributed by atoms with Crippen molar-refractivity contribution in [2.75, 3.05) is 18.2 Å². The summed E-state index contributed by atoms with van der Waals surface area (Å²) in [5.41, 5.74) is 3.97. The maximum absolute atomic E-state index is 12.8. The number of ether oxygens (including phenoxy) is 1. The van der Waals surface area contributed by atoms with E-state index in [1.807, 2.05) is 43.3 Å². The molecule has 0 radical (unpaired) electrons. The summed E-state index contributed by atoms with van der Waals surface area (Å²) in [6, 6.07) is 11.7. The van der Waals surface area contributed by atoms with Gasteiger partial charge in [-0.25, -0.2) is 14.8 Å². The van der Waals surface area contributed by atoms with Crippen LogP contribution >= 0.6 is 11.8 Å². The van der Waals surface area contributed by atoms with Crippen LogP contribution in [0.15, 0.2) is 52.5 Å². The van der Waals surface area contributed by atoms with Gasteiger partial charge >= 0.3 is 5.69 Å². The summed E-state index contributed by atoms with van der Waals surface area (Å²) >= 11 is 1.58. The van der Waals surface area contributed by atoms with E-state index in [4.69, 9.17) is 9.72 Å². The van der Waals surface area contributed by atoms with Crippen molar-refractivity contribution in [2.24, 2.45) is 0 Å². The van der Waals surface area contributed by atoms with Crippen LogP contribution in [0.4, 0.5) is 5.82 Å². The SMILES string of the molecule is CCCSc1nc(NCc2ccc(OC)cc2)c2[nH]c(=O)n(Cc3ccnc(C)c3)c2n1. The summed E-state index contributed by atoms with van der Waals surface area (Å²) < 4.78 is 6.88. The number of methoxy groups -OCH3 is 1. The second-order valence-corrected chi connectivity index (χ2v) is 8.49. The van der Waals surface area contributed by atoms with Crippen molar-refractivity contribution < 1.29 is 4.74 Å². The van der Waals surface area contributed by atoms with Crippen LogP contribution in [0.25, 0.3) is 11.2 Å². The maximum Gasteiger partial charge on any atom is 0.328 e. The molecule has 4 aromatic rings. The molecule has 9 heteroatoms. The zero-order chi connectivity index (χ0) is 22.5. The first kappa shape index (κ1) is 21.9. The van der Waals surface area contributed by atoms with Gasteiger partial charge in [-0.3, -0.25) is 9.55 Å². The molecule has 0 aliphatic heterocycles. The van der Waals surface area contributed by atoms with Crippen molar-refractivity contribution >= 4 is 28.7 Å². The van der Waals surface area contributed by atoms with Gasteiger partial charge in [-0.05, 0) is 48.7 Å². The number of aryl methyl sites for hydroxylation is 1. The smallest absolute Gasteiger partial charge is 0.328 e. The Morgan fingerprint density at radius 2 is 1.97 bits per heavy atom. The number of hydrogen-bond donors (Lipinski definition) is 2. The van der Waals surface area contributed by atoms with Gasteiger partial charge in [-0.2, -0.15) is 0 Å². The molecule has 8 nitrogen and oxygen atoms in total. The van der Waals surface area contributed by atoms with Gasteiger partial charge in [0.25, 0.3) is 0 Å². The number of thioether (sulfide) groups is 1. The second kappa shape index (κ2) is 9.86. The first-order valence-corrected chi connectivity index (χ1v) is 11.5. The molecule has 0 spiro atoms. The van der Waals surface area contributed by atoms with E-state index in [1.54, 1.807) is 29.6 Å². The van der Waals surface area contributed by atoms with E-state index in [0.29, 0.717) is 35.2 Å². The molecule has 0 fully saturated rings. The van der Waals surface area contributed by atoms with Crippen LogP contribution in [0.1, 0.15) is 30.2 Å². The van der Waals surface area contributed by atoms with Crippen LogP contribution in [0.3, 0.4) is 0 Å². The van der Waals surface area contributed by atoms with Gasteiger partial charge < -0.3 is 15.0 Å². The number of imidazole rings is 1. The summed E-state index contributed by atoms with van der Waals surface area (Å²) in [6.07, 6.45) is 2.76. The third-order valence-corrected chi connectivity index (χ3v) is 6.01. The van der Waals surface area contributed by atoms with Crippen LogP contribution in [-0.2, 0) is 13.1 Å². The third kappa shape index (κ3) is 4.94. The van der Waals surface area contributed by atoms with Crippen molar-refractivity contribution in [3.05, 3.63) is 69.9 Å². The van der Waals surface area contributed by atoms with Crippen LogP contribution in [-0.4, -0.2) is 37.4 Å². The van der Waals surface area contributed by atoms with Gasteiger partial charge in [-0.15, -0.1) is 0 Å². The molecular formula is C23H26N6O2S. The van der Waals surface area contributed by atoms with Crippen molar-refractivity contribution in [3.63, 3.8) is 0 Å². The Balaban J connectivity index is 1.69. The lowest BCUT2D eigenvalue weighted by Gasteiger charge is -2.10. The van der Waals surface area contributed by atoms with Crippen molar-refractivity contribution in [2.45, 2.75) is 38.5 Å². The number of aromatic amines is 1. The average Bonchev–Trinajstić information content (AvgIpc) is 3.11. The molecule has 0 bridgehead atoms. The number of anilines is 1. The molecule has 3 aromatic heterocycles. The first-order chi connectivity index (χ1) is 15.6. The molecule has 0 aliphatic rings. The van der Waals surface area contributed by atoms with E-state index in [-0.39, 0.29) is 5.69 Å². The normalized spacial score (nSPS) is 11.1. The monoisotopic (exact) mass is 450 g/mol. The Bertz CT molecular complexity index is 1270. The average molecular weight is 451 g/mol. The maximum atomic E-state index is 12.8. The van der Waals surface area contributed by atoms with Gasteiger partial charge in [0, 0.05) is 24.2 Å². The Morgan fingerprint density at radius 1 is 1.16 bits per heavy atom. The van der Waals surface area contributed by atoms with Gasteiger partial charge in [0.1, 0.15) is 11.3 Å². The van der Waals surface area contributed by atoms with E-state index < -0.39 is 0 Å². The lowest BCUT2D eigenvalue weighted by molar-refractivity contribution is 0.414. The molecule has 1 aromatic carbocycles. The van der Waals surface area contributed by atoms with E-state index in [2.05, 4.69) is 27.2 Å². The molecule has 32 heavy (non-hydrogen) atoms. The van der Waals surface area contributed by atoms with Gasteiger partial charge in [-0.1, -0.05) is 30.8 Å². The minimum absolute atomic E-state index is 0.214. The zero-order valence-corrected chi connectivity index (χ0v) is 19.2. The zero-order valence-electron chi connectivity index (χ0n) is 18.4. The number of nitrogens with zero attached hydrogens (tertiary/aromatic N) is 4. The number of pyridine rings is 1. The number of rotatable bonds is 9. The standard InChI is InChI=1S/C23H26N6O2S/c1-4-11-32-22-27-20(25-13-16-5-7-18(31-3)8-6-16)19-21(28-22)29(23(30)26-19)14-17-9-10-24-15(2)12-17/h5-10,12H,4,11,13-14H2,1-3H3,(H,26,30)(H,25,27,28). The van der Waals surface area contributed by atoms with Crippen LogP contribution in [0.2, 0.25) is 0 Å². The Kier molecular flexibility index (Phi) is 6.75. The molecule has 0 atom stereocenters. The summed E-state index contributed by atoms with van der Waals surface area (Å²) in [7, 11) is 1.65. The van der Waals surface area contributed by atoms with Crippen molar-refractivity contribution in [3.8, 4) is 5.75 Å². The van der Waals surface area contributed by atoms with Crippen LogP contribution < -0.4 is 15.7 Å². The van der Waals surface area contributed by atoms with E-state index in [0.717, 1.165) is 34.7 Å². The minimum Gasteiger partial charge on any atom is -0.497 e. The Morgan fingerprint density at radius 3 is 2.69 bits per heavy atom. The number of nitrogens with one attached hydrogen (secondary N) is 2. The Hall–Kier alpha value is -3.33. The number of H-pyrrole nitrogens is 1. The number of fused-ring (bicyclic) bond motifs is 1. The van der Waals surface area contributed by atoms with Crippen molar-refractivity contribution in [1.82, 2.24) is 24.5 Å². The van der Waals surface area contributed by atoms with Crippen LogP contribution in [0.5, 0.6) is 5.75 Å². The quantitative estimate of drug-likeness (QED) is 0.294. The third-order valence-electron chi connectivity index (χ3n) is 4.96. The lowest BCUT2D eigenvalue weighted by atomic mass is 10.2. The molecular weight excluding hydrogens is 424 g/mol. The summed E-state index contributed by atoms with van der Waals surface area (Å²) in [4.78, 5) is 29.4. The number of benzene rings is 1. The predicted octanol–water partition coefficient (Wildman–Crippen LogP) is 3.99. The lowest BCUT2D eigenvalue weighted by Crippen LogP contribution is -2.18. The van der Waals surface area contributed by atoms with E-state index in [1.165, 1.54) is 0 Å². The fraction of sp³-hybridized carbons (Fsp3) is 0.304. The molecule has 166 valence electrons. The highest BCUT2D eigenvalue weighted by Gasteiger charge is 2.16. The molecule has 0 saturated carbocycles. The van der Waals surface area contributed by atoms with Gasteiger partial charge in [0.2, 0.25) is 0 Å². The molecule has 2 N–H and O–H groups in total. The number of aromatic nitrogens is 5. The molecule has 0 unspecified atom stereocenters. The van der Waals surface area contributed by atoms with E-state index in [9.17, 15) is 4.79 Å². The highest BCUT2D eigenvalue weighted by Crippen LogP contribution is 2.24. The first-order valence-electron chi connectivity index (χ1n) is 10.5. The van der Waals surface area contributed by atoms with Crippen molar-refractivity contribution in [1.29, 1.82) is 0 Å². The molecule has 4 rings (SSSR count). The number of hydrogen-bond acceptors (Lipinski definition) is 7. The van der Waals surface area contributed by atoms with Crippen LogP contribution in [0, 0.1) is 6.92 Å². The molecule has 0 saturated heterocycles. The fourth-order valence-electron chi connectivity index (χ4n) is 3.36. The molecule has 3 heterocycles. The largest absolute Gasteiger partial charge is 0.497 e. The Labute approximate surface area is 190 Å². The highest BCUT2D eigenvalue weighted by molar-refractivity contribution is 7.99. The summed E-state index contributed by atoms with van der Waals surface area (Å²) in [6.45, 7) is 5.02. The summed E-state index contributed by atoms with van der Waals surface area (Å²) in [5.74, 6) is 2.33. The highest BCUT2D eigenvalue weighted by atomic mass is 32.2. The van der Waals surface area contributed by atoms with E-state index >= 15 is 0 Å². The second-order valence-electron chi connectivity index (χ2n) is 7.43. The minimum atomic E-state index is -0.214. The topological polar surface area (TPSA) is 97.7 Å². The van der Waals surface area contributed by atoms with Gasteiger partial charge in [0.05, 0.1) is 13.7 Å². The fourth-order valence-corrected chi connectivity index (χ4v) is 4.05. The summed E-state index contributed by atoms with van der Waals surface area (Å²) in [5, 5.41) is 4.02. The molecule has 0 amide bonds. The van der Waals surface area contributed by atoms with Gasteiger partial charge in [0.15, 0.2) is 16.6 Å². The predicted molar refractivity (Wildman–Crippen MR) is 128 cm³/mol.